The predicted octanol–water partition coefficient (Wildman–Crippen LogP) is 0.622. The van der Waals surface area contributed by atoms with Gasteiger partial charge in [-0.1, -0.05) is 60.7 Å². The fourth-order valence-corrected chi connectivity index (χ4v) is 15.6. The molecule has 17 N–H and O–H groups in total. The van der Waals surface area contributed by atoms with Crippen LogP contribution in [0.4, 0.5) is 22.7 Å². The monoisotopic (exact) mass is 1900 g/mol. The van der Waals surface area contributed by atoms with Crippen molar-refractivity contribution in [2.75, 3.05) is 128 Å². The Bertz CT molecular complexity index is 5160. The third-order valence-electron chi connectivity index (χ3n) is 21.2. The molecule has 6 atom stereocenters. The van der Waals surface area contributed by atoms with Crippen molar-refractivity contribution in [3.05, 3.63) is 114 Å². The Labute approximate surface area is 768 Å². The van der Waals surface area contributed by atoms with Gasteiger partial charge in [0.15, 0.2) is 17.5 Å². The number of phenols is 1. The van der Waals surface area contributed by atoms with E-state index in [1.54, 1.807) is 86.3 Å². The molecule has 3 heterocycles. The van der Waals surface area contributed by atoms with Crippen molar-refractivity contribution < 1.29 is 117 Å². The number of imide groups is 1. The molecule has 8 rings (SSSR count). The van der Waals surface area contributed by atoms with Crippen LogP contribution >= 0.6 is 11.8 Å². The minimum absolute atomic E-state index is 0.0104. The van der Waals surface area contributed by atoms with E-state index in [9.17, 15) is 87.2 Å². The van der Waals surface area contributed by atoms with Gasteiger partial charge >= 0.3 is 33.2 Å². The molecule has 0 saturated carbocycles. The van der Waals surface area contributed by atoms with Crippen LogP contribution in [0.2, 0.25) is 0 Å². The molecule has 3 aliphatic heterocycles. The second-order valence-corrected chi connectivity index (χ2v) is 33.4. The van der Waals surface area contributed by atoms with E-state index in [0.717, 1.165) is 38.7 Å². The number of unbranched alkanes of at least 4 members (excludes halogenated alkanes) is 2. The summed E-state index contributed by atoms with van der Waals surface area (Å²) < 4.78 is 55.7. The number of fused-ring (bicyclic) bond motifs is 1. The number of aliphatic carboxylic acids is 2. The van der Waals surface area contributed by atoms with Gasteiger partial charge in [-0.05, 0) is 148 Å². The molecular formula is C85H113N19O25S3. The van der Waals surface area contributed by atoms with Gasteiger partial charge in [0.2, 0.25) is 59.1 Å². The summed E-state index contributed by atoms with van der Waals surface area (Å²) in [6, 6.07) is 23.7. The topological polar surface area (TPSA) is 653 Å². The fourth-order valence-electron chi connectivity index (χ4n) is 14.5. The van der Waals surface area contributed by atoms with Crippen LogP contribution in [-0.4, -0.2) is 307 Å². The van der Waals surface area contributed by atoms with Gasteiger partial charge in [-0.2, -0.15) is 5.11 Å². The molecule has 10 amide bonds. The van der Waals surface area contributed by atoms with Gasteiger partial charge in [-0.3, -0.25) is 102 Å². The minimum atomic E-state index is -3.11. The average molecular weight is 1900 g/mol. The van der Waals surface area contributed by atoms with Crippen LogP contribution < -0.4 is 59.3 Å². The van der Waals surface area contributed by atoms with E-state index in [1.807, 2.05) is 44.2 Å². The van der Waals surface area contributed by atoms with E-state index in [-0.39, 0.29) is 205 Å². The number of hydrogen-bond donors (Lipinski definition) is 15. The third-order valence-corrected chi connectivity index (χ3v) is 22.4. The van der Waals surface area contributed by atoms with Crippen molar-refractivity contribution in [1.29, 1.82) is 5.41 Å². The van der Waals surface area contributed by atoms with Crippen LogP contribution in [0.5, 0.6) is 5.75 Å². The number of carboxylic acids is 2. The summed E-state index contributed by atoms with van der Waals surface area (Å²) in [5.41, 5.74) is 17.1. The zero-order chi connectivity index (χ0) is 96.9. The Morgan fingerprint density at radius 2 is 1.19 bits per heavy atom. The predicted molar refractivity (Wildman–Crippen MR) is 481 cm³/mol. The lowest BCUT2D eigenvalue weighted by Crippen LogP contribution is -2.55. The second-order valence-electron chi connectivity index (χ2n) is 31.3. The van der Waals surface area contributed by atoms with E-state index in [2.05, 4.69) is 58.1 Å². The summed E-state index contributed by atoms with van der Waals surface area (Å²) in [7, 11) is -6.22. The highest BCUT2D eigenvalue weighted by Gasteiger charge is 2.40. The fraction of sp³-hybridized carbons (Fsp3) is 0.482. The number of benzene rings is 5. The number of aryl methyl sites for hydroxylation is 2. The highest BCUT2D eigenvalue weighted by molar-refractivity contribution is 8.00. The van der Waals surface area contributed by atoms with Gasteiger partial charge in [0.25, 0.3) is 6.47 Å². The number of amides is 10. The number of Topliss-reactive ketones (excluding diaryl/α,β-unsaturated/α-hetero) is 2. The zero-order valence-corrected chi connectivity index (χ0v) is 75.7. The number of nitrogens with one attached hydrogen (secondary N) is 10. The number of carboxylic acid groups (broad SMARTS) is 2. The van der Waals surface area contributed by atoms with Crippen molar-refractivity contribution >= 4 is 162 Å². The summed E-state index contributed by atoms with van der Waals surface area (Å²) in [6.45, 7) is 5.51. The Morgan fingerprint density at radius 1 is 0.629 bits per heavy atom. The molecule has 132 heavy (non-hydrogen) atoms. The molecule has 0 radical (unpaired) electrons. The van der Waals surface area contributed by atoms with Gasteiger partial charge in [0, 0.05) is 139 Å². The summed E-state index contributed by atoms with van der Waals surface area (Å²) in [4.78, 5) is 207. The molecule has 0 spiro atoms. The number of anilines is 2. The van der Waals surface area contributed by atoms with Gasteiger partial charge < -0.3 is 79.4 Å². The van der Waals surface area contributed by atoms with Crippen molar-refractivity contribution in [2.45, 2.75) is 140 Å². The number of carbonyl (C=O) groups is 15. The first-order valence-corrected chi connectivity index (χ1v) is 45.4. The molecule has 716 valence electrons. The molecule has 3 fully saturated rings. The molecular weight excluding hydrogens is 1780 g/mol. The molecule has 0 bridgehead atoms. The maximum absolute atomic E-state index is 14.5. The molecule has 5 aromatic carbocycles. The first-order valence-electron chi connectivity index (χ1n) is 42.3. The number of carbonyl (C=O) groups excluding carboxylic acids is 13. The SMILES string of the molecule is CC(=O)C[C@@H]1NC(=O)CNC(=O)[C@H](CCCNC(=N)N)NC(=O)[C@H](CCCCNC(=O)CCSC2CC(=O)N(CCC(=O)NCCCC[C@@H](NC(=O)CN3CCN(COC=O)CCN(CC(=O)O)CCN(CC(=O)O)CC3)C(=O)Nc3ccc(-c4ccc(N=Nc5ccc6cccc(N)c6c5O)c(C)c4)cc3C)C2=O)NC(=O)[C@@H](Cc2ccccc2)CC1=O.O=S(=O)=O.O=S(=O)=O. The number of nitrogens with zero attached hydrogens (tertiary/aromatic N) is 7. The van der Waals surface area contributed by atoms with Crippen LogP contribution in [0.3, 0.4) is 0 Å². The standard InChI is InChI=1S/C85H113N19O19S.2O3S/c1-53-41-58(59-22-24-63(54(2)42-59)98-99-64-25-20-57-15-11-16-61(86)78(57)79(64)117)21-23-62(53)95-82(120)66(93-74(111)48-100-32-33-101(49-76(113)114)34-35-102(50-77(115)116)37-39-103(38-36-100)51-123-52-105)17-7-9-28-89-71(108)26-31-104-75(112)46-70(84(104)122)124-40-27-72(109)90-29-10-8-18-67-83(121)97-65(19-12-30-91-85(87)88)81(119)92-47-73(110)94-68(43-55(3)106)69(107)45-60(80(118)96-67)44-56-13-5-4-6-14-56;2*1-4(2)3/h4-6,11,13-16,20-25,41-42,52,60,65-68,70,117H,7-10,12,17-19,26-40,43-51,86H2,1-3H3,(H,89,108)(H,90,109)(H,92,119)(H,93,111)(H,94,110)(H,95,120)(H,96,118)(H,97,121)(H,113,114)(H,115,116)(H4,87,88,91);;/t60-,65-,66+,67-,68-,70?;;/m0../s1. The summed E-state index contributed by atoms with van der Waals surface area (Å²) in [5.74, 6) is -10.4. The Balaban J connectivity index is 0.00000321. The highest BCUT2D eigenvalue weighted by atomic mass is 32.2. The first-order chi connectivity index (χ1) is 62.9. The van der Waals surface area contributed by atoms with E-state index in [0.29, 0.717) is 52.8 Å². The molecule has 3 aliphatic rings. The quantitative estimate of drug-likeness (QED) is 0.00486. The lowest BCUT2D eigenvalue weighted by molar-refractivity contribution is -0.140. The molecule has 0 aromatic heterocycles. The van der Waals surface area contributed by atoms with Crippen LogP contribution in [0.15, 0.2) is 107 Å². The van der Waals surface area contributed by atoms with Crippen molar-refractivity contribution in [3.8, 4) is 16.9 Å². The lowest BCUT2D eigenvalue weighted by Gasteiger charge is -2.33. The number of likely N-dealkylation sites (tertiary alicyclic amines) is 1. The van der Waals surface area contributed by atoms with Crippen LogP contribution in [0, 0.1) is 25.2 Å². The number of guanidine groups is 1. The number of nitrogens with two attached hydrogens (primary N) is 2. The normalized spacial score (nSPS) is 17.9. The van der Waals surface area contributed by atoms with Crippen LogP contribution in [0.1, 0.15) is 107 Å². The number of hydrogen-bond acceptors (Lipinski definition) is 32. The van der Waals surface area contributed by atoms with Crippen LogP contribution in [-0.2, 0) is 104 Å². The molecule has 3 saturated heterocycles. The van der Waals surface area contributed by atoms with Crippen LogP contribution in [0.25, 0.3) is 21.9 Å². The highest BCUT2D eigenvalue weighted by Crippen LogP contribution is 2.39. The number of ether oxygens (including phenoxy) is 1. The van der Waals surface area contributed by atoms with Crippen molar-refractivity contribution in [1.82, 2.24) is 67.0 Å². The summed E-state index contributed by atoms with van der Waals surface area (Å²) in [5, 5.41) is 71.8. The number of aromatic hydroxyl groups is 1. The average Bonchev–Trinajstić information content (AvgIpc) is 0.856. The number of azo groups is 1. The van der Waals surface area contributed by atoms with E-state index < -0.39 is 146 Å². The van der Waals surface area contributed by atoms with Crippen molar-refractivity contribution in [2.24, 2.45) is 21.9 Å². The lowest BCUT2D eigenvalue weighted by atomic mass is 9.89. The maximum Gasteiger partial charge on any atom is 0.425 e. The molecule has 0 aliphatic carbocycles. The van der Waals surface area contributed by atoms with E-state index in [1.165, 1.54) is 6.92 Å². The largest absolute Gasteiger partial charge is 0.505 e. The smallest absolute Gasteiger partial charge is 0.425 e. The Kier molecular flexibility index (Phi) is 46.1. The molecule has 5 aromatic rings. The molecule has 44 nitrogen and oxygen atoms in total. The van der Waals surface area contributed by atoms with Gasteiger partial charge in [-0.15, -0.1) is 42.1 Å². The maximum atomic E-state index is 14.5. The zero-order valence-electron chi connectivity index (χ0n) is 73.2. The second kappa shape index (κ2) is 56.5. The molecule has 47 heteroatoms. The van der Waals surface area contributed by atoms with E-state index >= 15 is 0 Å². The number of thioether (sulfide) groups is 1. The van der Waals surface area contributed by atoms with Gasteiger partial charge in [-0.25, -0.2) is 0 Å². The van der Waals surface area contributed by atoms with Gasteiger partial charge in [0.05, 0.1) is 43.2 Å². The molecule has 1 unspecified atom stereocenters. The Hall–Kier alpha value is -13.1. The first kappa shape index (κ1) is 108. The van der Waals surface area contributed by atoms with E-state index in [4.69, 9.17) is 46.9 Å². The summed E-state index contributed by atoms with van der Waals surface area (Å²) in [6.07, 6.45) is 0.386. The third kappa shape index (κ3) is 39.3. The minimum Gasteiger partial charge on any atom is -0.505 e. The van der Waals surface area contributed by atoms with Crippen molar-refractivity contribution in [3.63, 3.8) is 0 Å². The number of nitrogen functional groups attached to an aromatic ring is 1. The van der Waals surface area contributed by atoms with Gasteiger partial charge in [0.1, 0.15) is 36.3 Å². The number of ketones is 2. The summed E-state index contributed by atoms with van der Waals surface area (Å²) >= 11 is 1.12. The Morgan fingerprint density at radius 3 is 1.80 bits per heavy atom. The number of phenolic OH excluding ortho intramolecular Hbond substituents is 1. The number of rotatable bonds is 40.